The van der Waals surface area contributed by atoms with E-state index in [1.54, 1.807) is 0 Å². The zero-order valence-electron chi connectivity index (χ0n) is 8.30. The molecule has 1 rings (SSSR count). The van der Waals surface area contributed by atoms with Crippen molar-refractivity contribution < 1.29 is 26.2 Å². The number of allylic oxidation sites excluding steroid dienone is 4. The van der Waals surface area contributed by atoms with Crippen LogP contribution in [0, 0.1) is 12.0 Å². The van der Waals surface area contributed by atoms with Crippen LogP contribution in [0.1, 0.15) is 27.7 Å². The molecule has 0 heterocycles. The summed E-state index contributed by atoms with van der Waals surface area (Å²) in [4.78, 5) is 0. The summed E-state index contributed by atoms with van der Waals surface area (Å²) in [7, 11) is 0. The standard InChI is InChI=1S/C9H13.3ClH.Zr/c1-6-5-7(2)9(4)8(6)3;;;;/h6H,1-4H3;3*1H;/q-1;;;;. The van der Waals surface area contributed by atoms with Gasteiger partial charge < -0.3 is 0 Å². The van der Waals surface area contributed by atoms with Crippen LogP contribution >= 0.6 is 37.2 Å². The second-order valence-corrected chi connectivity index (χ2v) is 2.80. The molecule has 0 radical (unpaired) electrons. The van der Waals surface area contributed by atoms with E-state index in [2.05, 4.69) is 33.8 Å². The second kappa shape index (κ2) is 9.78. The van der Waals surface area contributed by atoms with Gasteiger partial charge in [0.1, 0.15) is 0 Å². The number of rotatable bonds is 0. The fourth-order valence-corrected chi connectivity index (χ4v) is 1.16. The molecule has 1 unspecified atom stereocenters. The summed E-state index contributed by atoms with van der Waals surface area (Å²) in [6.45, 7) is 8.67. The first-order valence-electron chi connectivity index (χ1n) is 3.40. The second-order valence-electron chi connectivity index (χ2n) is 2.80. The maximum Gasteiger partial charge on any atom is 0 e. The first-order chi connectivity index (χ1) is 4.13. The number of hydrogen-bond donors (Lipinski definition) is 0. The Bertz CT molecular complexity index is 197. The van der Waals surface area contributed by atoms with Gasteiger partial charge in [-0.05, 0) is 0 Å². The van der Waals surface area contributed by atoms with Crippen LogP contribution in [-0.2, 0) is 26.2 Å². The predicted molar refractivity (Wildman–Crippen MR) is 61.7 cm³/mol. The van der Waals surface area contributed by atoms with Crippen molar-refractivity contribution in [2.75, 3.05) is 0 Å². The van der Waals surface area contributed by atoms with Crippen molar-refractivity contribution in [2.45, 2.75) is 27.7 Å². The molecule has 0 aromatic rings. The van der Waals surface area contributed by atoms with E-state index >= 15 is 0 Å². The molecule has 0 saturated carbocycles. The van der Waals surface area contributed by atoms with Gasteiger partial charge in [-0.2, -0.15) is 11.1 Å². The summed E-state index contributed by atoms with van der Waals surface area (Å²) in [6.07, 6.45) is 3.36. The fourth-order valence-electron chi connectivity index (χ4n) is 1.16. The van der Waals surface area contributed by atoms with E-state index in [1.165, 1.54) is 16.7 Å². The third-order valence-electron chi connectivity index (χ3n) is 2.24. The van der Waals surface area contributed by atoms with Gasteiger partial charge in [0.2, 0.25) is 0 Å². The molecule has 0 aromatic carbocycles. The molecule has 0 fully saturated rings. The molecule has 0 nitrogen and oxygen atoms in total. The molecule has 0 spiro atoms. The van der Waals surface area contributed by atoms with Crippen LogP contribution in [0.4, 0.5) is 0 Å². The van der Waals surface area contributed by atoms with Crippen molar-refractivity contribution in [3.63, 3.8) is 0 Å². The molecule has 0 bridgehead atoms. The van der Waals surface area contributed by atoms with Gasteiger partial charge in [0.15, 0.2) is 0 Å². The SMILES string of the molecule is CC1=[C-]C(C)C(C)=C1C.Cl.Cl.Cl.[Zr]. The molecule has 0 N–H and O–H groups in total. The van der Waals surface area contributed by atoms with Gasteiger partial charge in [-0.25, -0.2) is 5.57 Å². The van der Waals surface area contributed by atoms with Crippen LogP contribution in [0.15, 0.2) is 16.7 Å². The predicted octanol–water partition coefficient (Wildman–Crippen LogP) is 3.98. The molecule has 0 saturated heterocycles. The Morgan fingerprint density at radius 2 is 1.38 bits per heavy atom. The first kappa shape index (κ1) is 23.8. The quantitative estimate of drug-likeness (QED) is 0.592. The van der Waals surface area contributed by atoms with E-state index in [0.717, 1.165) is 0 Å². The largest absolute Gasteiger partial charge is 0.266 e. The van der Waals surface area contributed by atoms with Crippen molar-refractivity contribution in [2.24, 2.45) is 5.92 Å². The molecule has 4 heteroatoms. The minimum Gasteiger partial charge on any atom is -0.266 e. The van der Waals surface area contributed by atoms with Crippen molar-refractivity contribution in [1.29, 1.82) is 0 Å². The molecule has 1 atom stereocenters. The molecule has 0 aromatic heterocycles. The van der Waals surface area contributed by atoms with Gasteiger partial charge in [-0.1, -0.05) is 26.7 Å². The zero-order valence-corrected chi connectivity index (χ0v) is 13.2. The maximum absolute atomic E-state index is 3.36. The van der Waals surface area contributed by atoms with Crippen molar-refractivity contribution >= 4 is 37.2 Å². The topological polar surface area (TPSA) is 0 Å². The minimum absolute atomic E-state index is 0. The zero-order chi connectivity index (χ0) is 7.02. The normalized spacial score (nSPS) is 18.8. The Hall–Kier alpha value is 1.23. The Kier molecular flexibility index (Phi) is 17.9. The molecule has 0 aliphatic heterocycles. The average molecular weight is 322 g/mol. The minimum atomic E-state index is 0. The Balaban J connectivity index is -0.000000101. The van der Waals surface area contributed by atoms with E-state index < -0.39 is 0 Å². The van der Waals surface area contributed by atoms with Crippen LogP contribution in [0.5, 0.6) is 0 Å². The summed E-state index contributed by atoms with van der Waals surface area (Å²) < 4.78 is 0. The monoisotopic (exact) mass is 319 g/mol. The van der Waals surface area contributed by atoms with Crippen LogP contribution < -0.4 is 0 Å². The summed E-state index contributed by atoms with van der Waals surface area (Å²) in [5.74, 6) is 0.560. The van der Waals surface area contributed by atoms with Gasteiger partial charge in [-0.15, -0.1) is 44.1 Å². The maximum atomic E-state index is 3.36. The van der Waals surface area contributed by atoms with Gasteiger partial charge in [0.05, 0.1) is 0 Å². The van der Waals surface area contributed by atoms with E-state index in [9.17, 15) is 0 Å². The van der Waals surface area contributed by atoms with Gasteiger partial charge >= 0.3 is 0 Å². The van der Waals surface area contributed by atoms with Crippen LogP contribution in [0.2, 0.25) is 0 Å². The van der Waals surface area contributed by atoms with Crippen LogP contribution in [0.25, 0.3) is 0 Å². The van der Waals surface area contributed by atoms with Crippen molar-refractivity contribution in [1.82, 2.24) is 0 Å². The molecular weight excluding hydrogens is 306 g/mol. The van der Waals surface area contributed by atoms with Gasteiger partial charge in [0.25, 0.3) is 0 Å². The fraction of sp³-hybridized carbons (Fsp3) is 0.556. The Morgan fingerprint density at radius 1 is 1.00 bits per heavy atom. The molecule has 13 heavy (non-hydrogen) atoms. The Morgan fingerprint density at radius 3 is 1.46 bits per heavy atom. The van der Waals surface area contributed by atoms with Gasteiger partial charge in [-0.3, -0.25) is 6.08 Å². The summed E-state index contributed by atoms with van der Waals surface area (Å²) in [5, 5.41) is 0. The summed E-state index contributed by atoms with van der Waals surface area (Å²) in [5.41, 5.74) is 4.25. The third-order valence-corrected chi connectivity index (χ3v) is 2.24. The van der Waals surface area contributed by atoms with E-state index in [-0.39, 0.29) is 63.4 Å². The molecule has 78 valence electrons. The number of halogens is 3. The molecule has 1 aliphatic rings. The molecule has 1 aliphatic carbocycles. The Labute approximate surface area is 119 Å². The van der Waals surface area contributed by atoms with E-state index in [0.29, 0.717) is 5.92 Å². The number of hydrogen-bond acceptors (Lipinski definition) is 0. The molecular formula is C9H16Cl3Zr-. The summed E-state index contributed by atoms with van der Waals surface area (Å²) in [6, 6.07) is 0. The summed E-state index contributed by atoms with van der Waals surface area (Å²) >= 11 is 0. The van der Waals surface area contributed by atoms with Crippen LogP contribution in [-0.4, -0.2) is 0 Å². The first-order valence-corrected chi connectivity index (χ1v) is 3.40. The van der Waals surface area contributed by atoms with Crippen LogP contribution in [0.3, 0.4) is 0 Å². The van der Waals surface area contributed by atoms with E-state index in [4.69, 9.17) is 0 Å². The van der Waals surface area contributed by atoms with Crippen molar-refractivity contribution in [3.8, 4) is 0 Å². The third kappa shape index (κ3) is 5.62. The average Bonchev–Trinajstić information content (AvgIpc) is 1.98. The van der Waals surface area contributed by atoms with E-state index in [1.807, 2.05) is 0 Å². The smallest absolute Gasteiger partial charge is 0 e. The van der Waals surface area contributed by atoms with Crippen molar-refractivity contribution in [3.05, 3.63) is 22.8 Å². The molecule has 0 amide bonds. The van der Waals surface area contributed by atoms with Gasteiger partial charge in [0, 0.05) is 26.2 Å².